The first kappa shape index (κ1) is 38.8. The summed E-state index contributed by atoms with van der Waals surface area (Å²) in [6, 6.07) is 20.6. The largest absolute Gasteiger partial charge is 0.444 e. The van der Waals surface area contributed by atoms with Crippen LogP contribution in [0.3, 0.4) is 0 Å². The molecule has 0 aromatic heterocycles. The Labute approximate surface area is 276 Å². The monoisotopic (exact) mass is 658 g/mol. The van der Waals surface area contributed by atoms with Crippen molar-refractivity contribution in [3.63, 3.8) is 0 Å². The van der Waals surface area contributed by atoms with Crippen LogP contribution < -0.4 is 10.4 Å². The second-order valence-corrected chi connectivity index (χ2v) is 18.8. The van der Waals surface area contributed by atoms with Gasteiger partial charge in [-0.05, 0) is 69.8 Å². The third-order valence-electron chi connectivity index (χ3n) is 7.01. The quantitative estimate of drug-likeness (QED) is 0.113. The molecule has 0 aliphatic rings. The number of rotatable bonds is 13. The first-order valence-corrected chi connectivity index (χ1v) is 17.7. The van der Waals surface area contributed by atoms with Crippen LogP contribution in [0.25, 0.3) is 0 Å². The molecule has 0 fully saturated rings. The number of likely N-dealkylation sites (N-methyl/N-ethyl adjacent to an activating group) is 2. The highest BCUT2D eigenvalue weighted by Crippen LogP contribution is 2.37. The van der Waals surface area contributed by atoms with Crippen molar-refractivity contribution in [3.8, 4) is 0 Å². The van der Waals surface area contributed by atoms with Crippen LogP contribution in [0.5, 0.6) is 0 Å². The van der Waals surface area contributed by atoms with E-state index in [2.05, 4.69) is 45.0 Å². The molecule has 256 valence electrons. The highest BCUT2D eigenvalue weighted by molar-refractivity contribution is 6.99. The van der Waals surface area contributed by atoms with Crippen LogP contribution in [0.1, 0.15) is 75.2 Å². The molecule has 0 aliphatic carbocycles. The van der Waals surface area contributed by atoms with E-state index in [1.807, 2.05) is 36.4 Å². The van der Waals surface area contributed by atoms with E-state index in [9.17, 15) is 14.4 Å². The molecular weight excluding hydrogens is 604 g/mol. The average molecular weight is 659 g/mol. The molecule has 10 nitrogen and oxygen atoms in total. The zero-order valence-electron chi connectivity index (χ0n) is 29.5. The van der Waals surface area contributed by atoms with Gasteiger partial charge in [0.25, 0.3) is 8.32 Å². The van der Waals surface area contributed by atoms with Crippen LogP contribution >= 0.6 is 0 Å². The van der Waals surface area contributed by atoms with Crippen molar-refractivity contribution in [1.82, 2.24) is 9.80 Å². The van der Waals surface area contributed by atoms with E-state index >= 15 is 0 Å². The van der Waals surface area contributed by atoms with Gasteiger partial charge in [-0.3, -0.25) is 4.89 Å². The summed E-state index contributed by atoms with van der Waals surface area (Å²) < 4.78 is 17.9. The van der Waals surface area contributed by atoms with Gasteiger partial charge in [0.2, 0.25) is 6.10 Å². The summed E-state index contributed by atoms with van der Waals surface area (Å²) in [5, 5.41) is 2.08. The van der Waals surface area contributed by atoms with Crippen molar-refractivity contribution < 1.29 is 38.1 Å². The molecule has 0 bridgehead atoms. The lowest BCUT2D eigenvalue weighted by molar-refractivity contribution is -0.324. The molecule has 2 amide bonds. The third kappa shape index (κ3) is 11.7. The summed E-state index contributed by atoms with van der Waals surface area (Å²) >= 11 is 0. The fourth-order valence-electron chi connectivity index (χ4n) is 4.73. The van der Waals surface area contributed by atoms with Crippen molar-refractivity contribution in [1.29, 1.82) is 0 Å². The average Bonchev–Trinajstić information content (AvgIpc) is 2.96. The minimum atomic E-state index is -2.78. The van der Waals surface area contributed by atoms with E-state index in [1.54, 1.807) is 48.6 Å². The van der Waals surface area contributed by atoms with Crippen molar-refractivity contribution in [2.45, 2.75) is 97.5 Å². The van der Waals surface area contributed by atoms with E-state index in [0.29, 0.717) is 13.0 Å². The van der Waals surface area contributed by atoms with E-state index < -0.39 is 43.8 Å². The molecule has 0 heterocycles. The summed E-state index contributed by atoms with van der Waals surface area (Å²) in [5.41, 5.74) is -1.39. The number of ether oxygens (including phenoxy) is 2. The molecule has 46 heavy (non-hydrogen) atoms. The number of hydrogen-bond acceptors (Lipinski definition) is 8. The van der Waals surface area contributed by atoms with Gasteiger partial charge in [-0.1, -0.05) is 81.4 Å². The van der Waals surface area contributed by atoms with E-state index in [-0.39, 0.29) is 24.5 Å². The van der Waals surface area contributed by atoms with Crippen LogP contribution in [-0.4, -0.2) is 87.4 Å². The third-order valence-corrected chi connectivity index (χ3v) is 12.1. The van der Waals surface area contributed by atoms with Gasteiger partial charge < -0.3 is 23.7 Å². The molecule has 2 aromatic rings. The van der Waals surface area contributed by atoms with Gasteiger partial charge in [-0.25, -0.2) is 14.4 Å². The summed E-state index contributed by atoms with van der Waals surface area (Å²) in [4.78, 5) is 51.4. The number of carbonyl (C=O) groups is 3. The van der Waals surface area contributed by atoms with Crippen molar-refractivity contribution >= 4 is 36.8 Å². The second kappa shape index (κ2) is 16.4. The zero-order chi connectivity index (χ0) is 34.8. The van der Waals surface area contributed by atoms with E-state index in [1.165, 1.54) is 16.8 Å². The molecule has 0 radical (unpaired) electrons. The fraction of sp³-hybridized carbons (Fsp3) is 0.571. The molecule has 11 heteroatoms. The Hall–Kier alpha value is -3.41. The normalized spacial score (nSPS) is 13.0. The lowest BCUT2D eigenvalue weighted by Gasteiger charge is -2.43. The van der Waals surface area contributed by atoms with Crippen molar-refractivity contribution in [2.75, 3.05) is 33.8 Å². The minimum absolute atomic E-state index is 0.155. The standard InChI is InChI=1S/C35H54N2O8Si/c1-33(2,3)43-32(40)37(11)25-24-36(10)31(39)42-29(30(38)44-45-34(4,5)6)23-18-26-41-46(35(7,8)9,27-19-14-12-15-20-27)28-21-16-13-17-22-28/h12-17,19-22,29H,18,23-26H2,1-11H3/t29-/m0/s1. The molecule has 2 rings (SSSR count). The predicted molar refractivity (Wildman–Crippen MR) is 181 cm³/mol. The van der Waals surface area contributed by atoms with Gasteiger partial charge in [0.05, 0.1) is 0 Å². The van der Waals surface area contributed by atoms with Crippen molar-refractivity contribution in [2.24, 2.45) is 0 Å². The van der Waals surface area contributed by atoms with E-state index in [0.717, 1.165) is 10.4 Å². The van der Waals surface area contributed by atoms with E-state index in [4.69, 9.17) is 23.7 Å². The van der Waals surface area contributed by atoms with Crippen molar-refractivity contribution in [3.05, 3.63) is 60.7 Å². The fourth-order valence-corrected chi connectivity index (χ4v) is 9.34. The van der Waals surface area contributed by atoms with Gasteiger partial charge in [0, 0.05) is 33.8 Å². The smallest absolute Gasteiger partial charge is 0.410 e. The summed E-state index contributed by atoms with van der Waals surface area (Å²) in [6.45, 7) is 17.9. The first-order valence-electron chi connectivity index (χ1n) is 15.8. The van der Waals surface area contributed by atoms with Gasteiger partial charge in [0.15, 0.2) is 0 Å². The highest BCUT2D eigenvalue weighted by Gasteiger charge is 2.50. The molecule has 0 aliphatic heterocycles. The van der Waals surface area contributed by atoms with Crippen LogP contribution in [0.2, 0.25) is 5.04 Å². The maximum Gasteiger partial charge on any atom is 0.410 e. The minimum Gasteiger partial charge on any atom is -0.444 e. The molecule has 0 unspecified atom stereocenters. The number of amides is 2. The van der Waals surface area contributed by atoms with Crippen LogP contribution in [0, 0.1) is 0 Å². The highest BCUT2D eigenvalue weighted by atomic mass is 28.4. The number of carbonyl (C=O) groups excluding carboxylic acids is 3. The SMILES string of the molecule is CN(CCN(C)C(=O)OC(C)(C)C)C(=O)O[C@@H](CCCO[Si](c1ccccc1)(c1ccccc1)C(C)(C)C)C(=O)OOC(C)(C)C. The summed E-state index contributed by atoms with van der Waals surface area (Å²) in [6.07, 6.45) is -1.90. The first-order chi connectivity index (χ1) is 21.3. The second-order valence-electron chi connectivity index (χ2n) is 14.4. The maximum atomic E-state index is 13.1. The topological polar surface area (TPSA) is 104 Å². The number of hydrogen-bond donors (Lipinski definition) is 0. The number of benzene rings is 2. The molecule has 2 aromatic carbocycles. The maximum absolute atomic E-state index is 13.1. The Balaban J connectivity index is 2.18. The van der Waals surface area contributed by atoms with Gasteiger partial charge >= 0.3 is 18.2 Å². The molecule has 0 saturated carbocycles. The molecule has 0 spiro atoms. The molecule has 0 N–H and O–H groups in total. The van der Waals surface area contributed by atoms with Gasteiger partial charge in [-0.15, -0.1) is 0 Å². The molecule has 0 saturated heterocycles. The Kier molecular flexibility index (Phi) is 13.8. The van der Waals surface area contributed by atoms with Gasteiger partial charge in [-0.2, -0.15) is 4.89 Å². The van der Waals surface area contributed by atoms with Crippen LogP contribution in [0.15, 0.2) is 60.7 Å². The number of nitrogens with zero attached hydrogens (tertiary/aromatic N) is 2. The Morgan fingerprint density at radius 2 is 1.20 bits per heavy atom. The summed E-state index contributed by atoms with van der Waals surface area (Å²) in [7, 11) is 0.336. The molecule has 1 atom stereocenters. The Bertz CT molecular complexity index is 1210. The van der Waals surface area contributed by atoms with Crippen LogP contribution in [-0.2, 0) is 28.5 Å². The Morgan fingerprint density at radius 3 is 1.63 bits per heavy atom. The van der Waals surface area contributed by atoms with Crippen LogP contribution in [0.4, 0.5) is 9.59 Å². The Morgan fingerprint density at radius 1 is 0.717 bits per heavy atom. The lowest BCUT2D eigenvalue weighted by atomic mass is 10.2. The zero-order valence-corrected chi connectivity index (χ0v) is 30.5. The molecular formula is C35H54N2O8Si. The lowest BCUT2D eigenvalue weighted by Crippen LogP contribution is -2.66. The van der Waals surface area contributed by atoms with Gasteiger partial charge in [0.1, 0.15) is 11.2 Å². The summed E-state index contributed by atoms with van der Waals surface area (Å²) in [5.74, 6) is -0.812. The predicted octanol–water partition coefficient (Wildman–Crippen LogP) is 5.92.